The Morgan fingerprint density at radius 3 is 0.548 bits per heavy atom. The van der Waals surface area contributed by atoms with Crippen molar-refractivity contribution in [2.45, 2.75) is 258 Å². The molecule has 0 aromatic heterocycles. The van der Waals surface area contributed by atoms with Crippen molar-refractivity contribution in [3.63, 3.8) is 0 Å². The maximum absolute atomic E-state index is 3.23. The zero-order chi connectivity index (χ0) is 48.0. The van der Waals surface area contributed by atoms with Crippen LogP contribution in [0, 0.1) is 71.0 Å². The van der Waals surface area contributed by atoms with Gasteiger partial charge in [-0.15, -0.1) is 21.3 Å². The molecule has 0 nitrogen and oxygen atoms in total. The van der Waals surface area contributed by atoms with Crippen LogP contribution in [0.25, 0.3) is 0 Å². The zero-order valence-electron chi connectivity index (χ0n) is 47.9. The van der Waals surface area contributed by atoms with Gasteiger partial charge < -0.3 is 0 Å². The molecule has 0 unspecified atom stereocenters. The molecule has 0 spiro atoms. The molecule has 6 saturated heterocycles. The standard InChI is InChI=1S/C51H117Si11/c1-40(2)28-54(29-41(3)4)52-55(30-42(5)6,31-43(7)8)61(54,56(52,32-44(9)10)33-45(11)12)62-57(34-46(13)14,35-47(15)16)60(53(25,26)27,58(62,36-48(17)18)37-49(19)20)59(62,38-50(21)22)39-51(23)24/h40-51H,28-39H2,1-27H3/q-1. The third-order valence-corrected chi connectivity index (χ3v) is 442. The number of hydrogen-bond acceptors (Lipinski definition) is 0. The highest BCUT2D eigenvalue weighted by atomic mass is 31.0. The second-order valence-electron chi connectivity index (χ2n) is 30.5. The van der Waals surface area contributed by atoms with Crippen molar-refractivity contribution in [3.8, 4) is 0 Å². The van der Waals surface area contributed by atoms with E-state index < -0.39 is 68.7 Å². The summed E-state index contributed by atoms with van der Waals surface area (Å²) in [5.41, 5.74) is 0. The summed E-state index contributed by atoms with van der Waals surface area (Å²) in [6.45, 7) is 78.2. The molecule has 6 aliphatic rings. The summed E-state index contributed by atoms with van der Waals surface area (Å²) in [6, 6.07) is 22.7. The van der Waals surface area contributed by atoms with Crippen LogP contribution in [0.3, 0.4) is 0 Å². The maximum atomic E-state index is 3.23. The molecule has 0 aromatic carbocycles. The third kappa shape index (κ3) is 7.31. The highest BCUT2D eigenvalue weighted by Gasteiger charge is 3.15. The molecule has 62 heavy (non-hydrogen) atoms. The fraction of sp³-hybridized carbons (Fsp3) is 1.00. The lowest BCUT2D eigenvalue weighted by atomic mass is 10.3. The highest BCUT2D eigenvalue weighted by molar-refractivity contribution is 8.73. The van der Waals surface area contributed by atoms with Crippen molar-refractivity contribution in [2.75, 3.05) is 0 Å². The first-order valence-corrected chi connectivity index (χ1v) is 67.5. The molecule has 11 heteroatoms. The SMILES string of the molecule is CC(C)C[Si]1(CC(C)C)[Si-]2[Si](CC(C)C)(CC(C)C)[Si]1([Si]13[Si](CC(C)C)(CC(C)C)[Si]([Si](C)(C)C)([Si]1(CC(C)C)CC(C)C)[Si]3(CC(C)C)CC(C)C)[Si]2(CC(C)C)CC(C)C. The van der Waals surface area contributed by atoms with Crippen molar-refractivity contribution in [1.82, 2.24) is 0 Å². The van der Waals surface area contributed by atoms with E-state index in [4.69, 9.17) is 0 Å². The van der Waals surface area contributed by atoms with Crippen LogP contribution in [-0.2, 0) is 0 Å². The van der Waals surface area contributed by atoms with Crippen LogP contribution in [0.1, 0.15) is 166 Å². The molecule has 0 N–H and O–H groups in total. The summed E-state index contributed by atoms with van der Waals surface area (Å²) in [7, 11) is -11.3. The van der Waals surface area contributed by atoms with Gasteiger partial charge in [-0.05, 0) is 35.5 Å². The van der Waals surface area contributed by atoms with Gasteiger partial charge in [0.25, 0.3) is 0 Å². The van der Waals surface area contributed by atoms with Crippen molar-refractivity contribution < 1.29 is 0 Å². The van der Waals surface area contributed by atoms with Crippen LogP contribution in [0.15, 0.2) is 0 Å². The maximum Gasteiger partial charge on any atom is 0.0306 e. The molecular weight excluding hydrogens is 922 g/mol. The van der Waals surface area contributed by atoms with Crippen LogP contribution in [0.5, 0.6) is 0 Å². The van der Waals surface area contributed by atoms with Gasteiger partial charge in [0.05, 0.1) is 0 Å². The minimum atomic E-state index is -1.77. The number of hydrogen-bond donors (Lipinski definition) is 0. The summed E-state index contributed by atoms with van der Waals surface area (Å²) in [5.74, 6) is 11.4. The fourth-order valence-electron chi connectivity index (χ4n) is 23.1. The second kappa shape index (κ2) is 19.2. The first-order chi connectivity index (χ1) is 28.1. The predicted molar refractivity (Wildman–Crippen MR) is 317 cm³/mol. The van der Waals surface area contributed by atoms with Crippen LogP contribution >= 0.6 is 0 Å². The van der Waals surface area contributed by atoms with Gasteiger partial charge in [0.15, 0.2) is 0 Å². The summed E-state index contributed by atoms with van der Waals surface area (Å²) in [5, 5.41) is 0. The Balaban J connectivity index is 2.70. The Kier molecular flexibility index (Phi) is 17.6. The zero-order valence-corrected chi connectivity index (χ0v) is 58.9. The van der Waals surface area contributed by atoms with E-state index in [0.29, 0.717) is 0 Å². The van der Waals surface area contributed by atoms with Crippen molar-refractivity contribution in [3.05, 3.63) is 0 Å². The van der Waals surface area contributed by atoms with Crippen LogP contribution in [-0.4, -0.2) is 76.0 Å². The summed E-state index contributed by atoms with van der Waals surface area (Å²) >= 11 is 0. The first kappa shape index (κ1) is 57.0. The smallest absolute Gasteiger partial charge is 0.0306 e. The lowest BCUT2D eigenvalue weighted by molar-refractivity contribution is 0.671. The predicted octanol–water partition coefficient (Wildman–Crippen LogP) is 16.9. The van der Waals surface area contributed by atoms with Gasteiger partial charge in [-0.3, -0.25) is 7.35 Å². The van der Waals surface area contributed by atoms with Crippen molar-refractivity contribution in [2.24, 2.45) is 71.0 Å². The van der Waals surface area contributed by atoms with Gasteiger partial charge in [-0.2, -0.15) is 0 Å². The molecule has 6 fully saturated rings. The Hall–Kier alpha value is 2.39. The summed E-state index contributed by atoms with van der Waals surface area (Å²) < 4.78 is 0. The van der Waals surface area contributed by atoms with Gasteiger partial charge in [0, 0.05) is 41.2 Å². The van der Waals surface area contributed by atoms with Crippen LogP contribution < -0.4 is 0 Å². The first-order valence-electron chi connectivity index (χ1n) is 28.0. The second-order valence-corrected chi connectivity index (χ2v) is 169. The normalized spacial score (nSPS) is 27.5. The molecule has 0 amide bonds. The minimum absolute atomic E-state index is 0.270. The molecule has 0 atom stereocenters. The van der Waals surface area contributed by atoms with E-state index in [9.17, 15) is 0 Å². The molecule has 0 saturated carbocycles. The van der Waals surface area contributed by atoms with Gasteiger partial charge in [0.1, 0.15) is 0 Å². The molecule has 6 rings (SSSR count). The van der Waals surface area contributed by atoms with Gasteiger partial charge in [-0.1, -0.05) is 300 Å². The molecule has 4 bridgehead atoms. The van der Waals surface area contributed by atoms with Crippen LogP contribution in [0.4, 0.5) is 0 Å². The Morgan fingerprint density at radius 2 is 0.419 bits per heavy atom. The Morgan fingerprint density at radius 1 is 0.258 bits per heavy atom. The highest BCUT2D eigenvalue weighted by Crippen LogP contribution is 2.90. The van der Waals surface area contributed by atoms with E-state index in [-0.39, 0.29) is 7.35 Å². The summed E-state index contributed by atoms with van der Waals surface area (Å²) in [6.07, 6.45) is -5.11. The quantitative estimate of drug-likeness (QED) is 0.0758. The van der Waals surface area contributed by atoms with Gasteiger partial charge >= 0.3 is 0 Å². The molecule has 6 heterocycles. The van der Waals surface area contributed by atoms with E-state index in [0.717, 1.165) is 71.0 Å². The van der Waals surface area contributed by atoms with E-state index >= 15 is 0 Å². The minimum Gasteiger partial charge on any atom is -0.258 e. The van der Waals surface area contributed by atoms with E-state index in [2.05, 4.69) is 186 Å². The lowest BCUT2D eigenvalue weighted by Crippen LogP contribution is -3.47. The average Bonchev–Trinajstić information content (AvgIpc) is 2.99. The van der Waals surface area contributed by atoms with E-state index in [1.54, 1.807) is 0 Å². The van der Waals surface area contributed by atoms with Crippen molar-refractivity contribution >= 4 is 76.0 Å². The molecular formula is C51H117Si11-. The largest absolute Gasteiger partial charge is 0.258 e. The topological polar surface area (TPSA) is 0 Å². The van der Waals surface area contributed by atoms with Gasteiger partial charge in [0.2, 0.25) is 0 Å². The van der Waals surface area contributed by atoms with E-state index in [1.807, 2.05) is 72.5 Å². The molecule has 366 valence electrons. The van der Waals surface area contributed by atoms with Crippen LogP contribution in [0.2, 0.25) is 92.2 Å². The van der Waals surface area contributed by atoms with Gasteiger partial charge in [-0.25, -0.2) is 0 Å². The molecule has 6 aliphatic heterocycles. The fourth-order valence-corrected chi connectivity index (χ4v) is 1030. The Labute approximate surface area is 402 Å². The molecule has 0 radical (unpaired) electrons. The third-order valence-electron chi connectivity index (χ3n) is 18.7. The van der Waals surface area contributed by atoms with Crippen molar-refractivity contribution in [1.29, 1.82) is 0 Å². The summed E-state index contributed by atoms with van der Waals surface area (Å²) in [4.78, 5) is 0. The lowest BCUT2D eigenvalue weighted by Gasteiger charge is -3.20. The average molecular weight is 1040 g/mol. The van der Waals surface area contributed by atoms with E-state index in [1.165, 1.54) is 0 Å². The monoisotopic (exact) mass is 1040 g/mol. The molecule has 0 aromatic rings. The Bertz CT molecular complexity index is 1280. The molecule has 0 aliphatic carbocycles. The number of rotatable bonds is 26.